The van der Waals surface area contributed by atoms with Crippen molar-refractivity contribution < 1.29 is 0 Å². The number of anilines is 3. The van der Waals surface area contributed by atoms with Crippen LogP contribution in [-0.2, 0) is 5.41 Å². The summed E-state index contributed by atoms with van der Waals surface area (Å²) in [5.74, 6) is 0. The van der Waals surface area contributed by atoms with Gasteiger partial charge in [0.15, 0.2) is 0 Å². The first-order valence-corrected chi connectivity index (χ1v) is 21.0. The zero-order valence-electron chi connectivity index (χ0n) is 33.2. The molecule has 1 heterocycles. The molecule has 2 aliphatic carbocycles. The van der Waals surface area contributed by atoms with Crippen molar-refractivity contribution in [2.75, 3.05) is 4.90 Å². The zero-order chi connectivity index (χ0) is 40.2. The van der Waals surface area contributed by atoms with Gasteiger partial charge in [-0.15, -0.1) is 0 Å². The third kappa shape index (κ3) is 4.50. The largest absolute Gasteiger partial charge is 0.309 e. The number of hydrogen-bond donors (Lipinski definition) is 1. The van der Waals surface area contributed by atoms with Crippen LogP contribution in [0.5, 0.6) is 0 Å². The van der Waals surface area contributed by atoms with Crippen LogP contribution in [0.1, 0.15) is 27.8 Å². The number of nitrogens with one attached hydrogen (secondary N) is 1. The van der Waals surface area contributed by atoms with Crippen molar-refractivity contribution in [2.24, 2.45) is 0 Å². The normalized spacial score (nSPS) is 13.1. The van der Waals surface area contributed by atoms with Gasteiger partial charge in [-0.05, 0) is 104 Å². The van der Waals surface area contributed by atoms with Crippen LogP contribution in [0.3, 0.4) is 0 Å². The van der Waals surface area contributed by atoms with Gasteiger partial charge in [-0.3, -0.25) is 0 Å². The van der Waals surface area contributed by atoms with Gasteiger partial charge in [0.25, 0.3) is 0 Å². The van der Waals surface area contributed by atoms with Crippen molar-refractivity contribution >= 4 is 66.6 Å². The highest BCUT2D eigenvalue weighted by atomic mass is 15.1. The average molecular weight is 776 g/mol. The number of fused-ring (bicyclic) bond motifs is 16. The molecule has 61 heavy (non-hydrogen) atoms. The lowest BCUT2D eigenvalue weighted by Crippen LogP contribution is -2.26. The van der Waals surface area contributed by atoms with Crippen LogP contribution in [0.25, 0.3) is 71.3 Å². The lowest BCUT2D eigenvalue weighted by molar-refractivity contribution is 0.795. The highest BCUT2D eigenvalue weighted by Gasteiger charge is 2.53. The topological polar surface area (TPSA) is 32.0 Å². The second-order valence-corrected chi connectivity index (χ2v) is 16.3. The van der Waals surface area contributed by atoms with E-state index in [1.807, 2.05) is 6.07 Å². The van der Waals surface area contributed by atoms with E-state index in [1.165, 1.54) is 83.3 Å². The molecule has 0 aliphatic heterocycles. The van der Waals surface area contributed by atoms with Gasteiger partial charge < -0.3 is 14.9 Å². The summed E-state index contributed by atoms with van der Waals surface area (Å²) in [6.45, 7) is 0. The monoisotopic (exact) mass is 775 g/mol. The summed E-state index contributed by atoms with van der Waals surface area (Å²) in [6, 6.07) is 77.9. The molecule has 3 heteroatoms. The van der Waals surface area contributed by atoms with Gasteiger partial charge in [0.1, 0.15) is 0 Å². The molecule has 0 saturated carbocycles. The third-order valence-electron chi connectivity index (χ3n) is 13.5. The summed E-state index contributed by atoms with van der Waals surface area (Å²) >= 11 is 0. The predicted octanol–water partition coefficient (Wildman–Crippen LogP) is 14.9. The molecule has 11 aromatic rings. The zero-order valence-corrected chi connectivity index (χ0v) is 33.2. The highest BCUT2D eigenvalue weighted by molar-refractivity contribution is 6.17. The molecule has 1 spiro atoms. The fraction of sp³-hybridized carbons (Fsp3) is 0.0172. The molecule has 0 fully saturated rings. The Bertz CT molecular complexity index is 3580. The molecule has 0 radical (unpaired) electrons. The molecule has 3 nitrogen and oxygen atoms in total. The smallest absolute Gasteiger partial charge is 0.0726 e. The minimum Gasteiger partial charge on any atom is -0.309 e. The van der Waals surface area contributed by atoms with Crippen molar-refractivity contribution in [2.45, 2.75) is 5.41 Å². The maximum absolute atomic E-state index is 8.67. The third-order valence-corrected chi connectivity index (χ3v) is 13.5. The Hall–Kier alpha value is -8.01. The Morgan fingerprint density at radius 1 is 0.393 bits per heavy atom. The number of hydrogen-bond acceptors (Lipinski definition) is 2. The van der Waals surface area contributed by atoms with E-state index in [4.69, 9.17) is 5.41 Å². The molecule has 0 saturated heterocycles. The first-order valence-electron chi connectivity index (χ1n) is 21.0. The van der Waals surface area contributed by atoms with E-state index in [9.17, 15) is 0 Å². The van der Waals surface area contributed by atoms with Gasteiger partial charge in [0, 0.05) is 39.0 Å². The maximum atomic E-state index is 8.67. The van der Waals surface area contributed by atoms with E-state index < -0.39 is 5.41 Å². The molecule has 0 amide bonds. The molecule has 1 aromatic heterocycles. The van der Waals surface area contributed by atoms with E-state index in [2.05, 4.69) is 216 Å². The van der Waals surface area contributed by atoms with Gasteiger partial charge >= 0.3 is 0 Å². The summed E-state index contributed by atoms with van der Waals surface area (Å²) in [7, 11) is 0. The first-order chi connectivity index (χ1) is 30.3. The molecular formula is C58H37N3. The Balaban J connectivity index is 1.23. The Kier molecular flexibility index (Phi) is 7.08. The number of para-hydroxylation sites is 3. The van der Waals surface area contributed by atoms with Crippen molar-refractivity contribution in [1.29, 1.82) is 5.41 Å². The van der Waals surface area contributed by atoms with Crippen LogP contribution in [0.15, 0.2) is 212 Å². The average Bonchev–Trinajstić information content (AvgIpc) is 3.92. The number of benzene rings is 10. The fourth-order valence-corrected chi connectivity index (χ4v) is 11.1. The molecule has 10 aromatic carbocycles. The van der Waals surface area contributed by atoms with Crippen LogP contribution in [0.2, 0.25) is 0 Å². The van der Waals surface area contributed by atoms with E-state index in [-0.39, 0.29) is 0 Å². The van der Waals surface area contributed by atoms with Gasteiger partial charge in [-0.2, -0.15) is 0 Å². The van der Waals surface area contributed by atoms with Crippen LogP contribution >= 0.6 is 0 Å². The van der Waals surface area contributed by atoms with Gasteiger partial charge in [0.2, 0.25) is 0 Å². The second kappa shape index (κ2) is 12.7. The van der Waals surface area contributed by atoms with E-state index in [0.29, 0.717) is 0 Å². The molecular weight excluding hydrogens is 739 g/mol. The number of rotatable bonds is 5. The van der Waals surface area contributed by atoms with E-state index in [1.54, 1.807) is 0 Å². The Morgan fingerprint density at radius 3 is 1.79 bits per heavy atom. The summed E-state index contributed by atoms with van der Waals surface area (Å²) in [5.41, 5.74) is 17.2. The molecule has 13 rings (SSSR count). The van der Waals surface area contributed by atoms with E-state index in [0.717, 1.165) is 39.1 Å². The Labute approximate surface area is 353 Å². The predicted molar refractivity (Wildman–Crippen MR) is 255 cm³/mol. The SMILES string of the molecule is N=Cc1ccccc1N(c1cccc2ccccc12)c1cc2c(c3ccccc13)-c1cc3c(cc1C21c2ccccc2-c2ccccc21)c1ccccc1n3-c1ccccc1. The molecule has 0 atom stereocenters. The van der Waals surface area contributed by atoms with Gasteiger partial charge in [-0.1, -0.05) is 164 Å². The number of aromatic nitrogens is 1. The van der Waals surface area contributed by atoms with Gasteiger partial charge in [0.05, 0.1) is 33.5 Å². The van der Waals surface area contributed by atoms with Crippen molar-refractivity contribution in [3.63, 3.8) is 0 Å². The molecule has 2 aliphatic rings. The van der Waals surface area contributed by atoms with Crippen LogP contribution in [0, 0.1) is 5.41 Å². The van der Waals surface area contributed by atoms with Crippen molar-refractivity contribution in [3.8, 4) is 27.9 Å². The molecule has 0 bridgehead atoms. The lowest BCUT2D eigenvalue weighted by atomic mass is 9.70. The number of nitrogens with zero attached hydrogens (tertiary/aromatic N) is 2. The maximum Gasteiger partial charge on any atom is 0.0726 e. The molecule has 1 N–H and O–H groups in total. The summed E-state index contributed by atoms with van der Waals surface area (Å²) in [6.07, 6.45) is 1.49. The van der Waals surface area contributed by atoms with Gasteiger partial charge in [-0.25, -0.2) is 0 Å². The summed E-state index contributed by atoms with van der Waals surface area (Å²) in [4.78, 5) is 2.42. The molecule has 0 unspecified atom stereocenters. The second-order valence-electron chi connectivity index (χ2n) is 16.3. The fourth-order valence-electron chi connectivity index (χ4n) is 11.1. The quantitative estimate of drug-likeness (QED) is 0.174. The van der Waals surface area contributed by atoms with Crippen LogP contribution < -0.4 is 4.90 Å². The highest BCUT2D eigenvalue weighted by Crippen LogP contribution is 2.65. The Morgan fingerprint density at radius 2 is 1.00 bits per heavy atom. The van der Waals surface area contributed by atoms with Crippen LogP contribution in [-0.4, -0.2) is 10.8 Å². The summed E-state index contributed by atoms with van der Waals surface area (Å²) < 4.78 is 2.44. The van der Waals surface area contributed by atoms with Crippen LogP contribution in [0.4, 0.5) is 17.1 Å². The standard InChI is InChI=1S/C58H37N3/c59-36-38-18-5-14-30-52(38)61(53-32-16-19-37-17-4-6-22-40(37)53)56-35-51-57(45-27-8-7-25-43(45)56)47-34-55-46(44-26-11-15-31-54(44)60(55)39-20-2-1-3-21-39)33-50(47)58(51)48-28-12-9-23-41(48)42-24-10-13-29-49(42)58/h1-36,59H. The minimum atomic E-state index is -0.605. The van der Waals surface area contributed by atoms with E-state index >= 15 is 0 Å². The lowest BCUT2D eigenvalue weighted by Gasteiger charge is -2.33. The minimum absolute atomic E-state index is 0.605. The molecule has 284 valence electrons. The first kappa shape index (κ1) is 33.9. The summed E-state index contributed by atoms with van der Waals surface area (Å²) in [5, 5.41) is 15.8. The van der Waals surface area contributed by atoms with Crippen molar-refractivity contribution in [3.05, 3.63) is 240 Å². The van der Waals surface area contributed by atoms with Crippen molar-refractivity contribution in [1.82, 2.24) is 4.57 Å².